The van der Waals surface area contributed by atoms with Gasteiger partial charge in [-0.25, -0.2) is 4.39 Å². The maximum atomic E-state index is 14.0. The van der Waals surface area contributed by atoms with Gasteiger partial charge in [-0.05, 0) is 29.4 Å². The molecule has 1 heterocycles. The number of allylic oxidation sites excluding steroid dienone is 3. The van der Waals surface area contributed by atoms with E-state index in [-0.39, 0.29) is 5.83 Å². The zero-order chi connectivity index (χ0) is 13.1. The summed E-state index contributed by atoms with van der Waals surface area (Å²) >= 11 is 0. The van der Waals surface area contributed by atoms with Crippen molar-refractivity contribution in [2.45, 2.75) is 20.8 Å². The Kier molecular flexibility index (Phi) is 4.57. The van der Waals surface area contributed by atoms with Crippen molar-refractivity contribution in [1.82, 2.24) is 4.90 Å². The summed E-state index contributed by atoms with van der Waals surface area (Å²) in [5.41, 5.74) is 0.970. The summed E-state index contributed by atoms with van der Waals surface area (Å²) in [6.07, 6.45) is 3.70. The minimum absolute atomic E-state index is 0.0223. The first kappa shape index (κ1) is 13.8. The highest BCUT2D eigenvalue weighted by Crippen LogP contribution is 2.35. The Labute approximate surface area is 109 Å². The van der Waals surface area contributed by atoms with Crippen molar-refractivity contribution in [3.63, 3.8) is 0 Å². The fourth-order valence-electron chi connectivity index (χ4n) is 2.94. The molecule has 0 spiro atoms. The molecule has 1 unspecified atom stereocenters. The molecule has 2 atom stereocenters. The summed E-state index contributed by atoms with van der Waals surface area (Å²) < 4.78 is 19.4. The van der Waals surface area contributed by atoms with Gasteiger partial charge in [-0.2, -0.15) is 0 Å². The Morgan fingerprint density at radius 3 is 2.67 bits per heavy atom. The van der Waals surface area contributed by atoms with E-state index in [1.165, 1.54) is 0 Å². The number of hydrogen-bond donors (Lipinski definition) is 0. The van der Waals surface area contributed by atoms with Crippen molar-refractivity contribution in [3.05, 3.63) is 23.6 Å². The van der Waals surface area contributed by atoms with Crippen molar-refractivity contribution < 1.29 is 9.13 Å². The molecular formula is C15H24FNO. The highest BCUT2D eigenvalue weighted by Gasteiger charge is 2.28. The van der Waals surface area contributed by atoms with Crippen LogP contribution in [0.25, 0.3) is 0 Å². The fourth-order valence-corrected chi connectivity index (χ4v) is 2.94. The molecule has 2 aliphatic rings. The van der Waals surface area contributed by atoms with Crippen LogP contribution in [0.4, 0.5) is 4.39 Å². The van der Waals surface area contributed by atoms with E-state index in [0.29, 0.717) is 17.8 Å². The van der Waals surface area contributed by atoms with Crippen LogP contribution in [0, 0.1) is 17.8 Å². The summed E-state index contributed by atoms with van der Waals surface area (Å²) in [6.45, 7) is 10.7. The number of ether oxygens (including phenoxy) is 1. The monoisotopic (exact) mass is 253 g/mol. The van der Waals surface area contributed by atoms with Crippen molar-refractivity contribution in [2.75, 3.05) is 32.8 Å². The molecule has 0 aromatic heterocycles. The van der Waals surface area contributed by atoms with E-state index in [9.17, 15) is 4.39 Å². The Morgan fingerprint density at radius 1 is 1.39 bits per heavy atom. The Balaban J connectivity index is 2.06. The molecule has 1 aliphatic heterocycles. The normalized spacial score (nSPS) is 30.3. The Hall–Kier alpha value is -0.670. The summed E-state index contributed by atoms with van der Waals surface area (Å²) in [7, 11) is 0. The molecule has 2 nitrogen and oxygen atoms in total. The van der Waals surface area contributed by atoms with Crippen LogP contribution >= 0.6 is 0 Å². The van der Waals surface area contributed by atoms with E-state index in [1.54, 1.807) is 6.08 Å². The lowest BCUT2D eigenvalue weighted by molar-refractivity contribution is 0.0405. The highest BCUT2D eigenvalue weighted by molar-refractivity contribution is 5.29. The van der Waals surface area contributed by atoms with Gasteiger partial charge in [0.1, 0.15) is 5.83 Å². The standard InChI is InChI=1S/C15H24FNO/c1-11(2)13-4-5-15(16)14(12(13)3)10-17-6-8-18-9-7-17/h4-5,11-13H,6-10H2,1-3H3/t12-,13?/m0/s1. The third-order valence-electron chi connectivity index (χ3n) is 4.17. The van der Waals surface area contributed by atoms with Crippen LogP contribution in [0.15, 0.2) is 23.6 Å². The van der Waals surface area contributed by atoms with Crippen LogP contribution < -0.4 is 0 Å². The van der Waals surface area contributed by atoms with Crippen LogP contribution in [-0.2, 0) is 4.74 Å². The second-order valence-corrected chi connectivity index (χ2v) is 5.73. The molecule has 1 saturated heterocycles. The van der Waals surface area contributed by atoms with Crippen LogP contribution in [-0.4, -0.2) is 37.7 Å². The number of morpholine rings is 1. The molecule has 0 bridgehead atoms. The minimum Gasteiger partial charge on any atom is -0.379 e. The molecule has 0 aromatic rings. The lowest BCUT2D eigenvalue weighted by Crippen LogP contribution is -2.39. The molecule has 2 rings (SSSR count). The van der Waals surface area contributed by atoms with Gasteiger partial charge >= 0.3 is 0 Å². The molecule has 0 N–H and O–H groups in total. The summed E-state index contributed by atoms with van der Waals surface area (Å²) in [5, 5.41) is 0. The van der Waals surface area contributed by atoms with E-state index in [2.05, 4.69) is 25.7 Å². The quantitative estimate of drug-likeness (QED) is 0.766. The molecule has 0 amide bonds. The molecular weight excluding hydrogens is 229 g/mol. The van der Waals surface area contributed by atoms with Crippen molar-refractivity contribution >= 4 is 0 Å². The second-order valence-electron chi connectivity index (χ2n) is 5.73. The SMILES string of the molecule is CC(C)C1C=CC(F)=C(CN2CCOCC2)[C@H]1C. The van der Waals surface area contributed by atoms with Gasteiger partial charge in [0, 0.05) is 19.6 Å². The average molecular weight is 253 g/mol. The van der Waals surface area contributed by atoms with Crippen LogP contribution in [0.1, 0.15) is 20.8 Å². The van der Waals surface area contributed by atoms with E-state index >= 15 is 0 Å². The number of rotatable bonds is 3. The fraction of sp³-hybridized carbons (Fsp3) is 0.733. The van der Waals surface area contributed by atoms with Gasteiger partial charge in [-0.3, -0.25) is 4.90 Å². The second kappa shape index (κ2) is 5.98. The molecule has 0 radical (unpaired) electrons. The molecule has 3 heteroatoms. The zero-order valence-corrected chi connectivity index (χ0v) is 11.7. The Morgan fingerprint density at radius 2 is 2.06 bits per heavy atom. The highest BCUT2D eigenvalue weighted by atomic mass is 19.1. The average Bonchev–Trinajstić information content (AvgIpc) is 2.35. The summed E-state index contributed by atoms with van der Waals surface area (Å²) in [6, 6.07) is 0. The summed E-state index contributed by atoms with van der Waals surface area (Å²) in [5.74, 6) is 1.30. The lowest BCUT2D eigenvalue weighted by atomic mass is 9.77. The van der Waals surface area contributed by atoms with E-state index in [0.717, 1.165) is 38.4 Å². The third-order valence-corrected chi connectivity index (χ3v) is 4.17. The van der Waals surface area contributed by atoms with Gasteiger partial charge < -0.3 is 4.74 Å². The van der Waals surface area contributed by atoms with Gasteiger partial charge in [-0.15, -0.1) is 0 Å². The van der Waals surface area contributed by atoms with Crippen LogP contribution in [0.5, 0.6) is 0 Å². The van der Waals surface area contributed by atoms with E-state index in [4.69, 9.17) is 4.74 Å². The maximum absolute atomic E-state index is 14.0. The zero-order valence-electron chi connectivity index (χ0n) is 11.7. The molecule has 1 aliphatic carbocycles. The van der Waals surface area contributed by atoms with Crippen molar-refractivity contribution in [1.29, 1.82) is 0 Å². The summed E-state index contributed by atoms with van der Waals surface area (Å²) in [4.78, 5) is 2.30. The largest absolute Gasteiger partial charge is 0.379 e. The number of halogens is 1. The first-order valence-electron chi connectivity index (χ1n) is 6.96. The van der Waals surface area contributed by atoms with Crippen LogP contribution in [0.2, 0.25) is 0 Å². The minimum atomic E-state index is -0.0223. The lowest BCUT2D eigenvalue weighted by Gasteiger charge is -2.34. The number of nitrogens with zero attached hydrogens (tertiary/aromatic N) is 1. The Bertz CT molecular complexity index is 342. The predicted octanol–water partition coefficient (Wildman–Crippen LogP) is 3.02. The molecule has 1 fully saturated rings. The third kappa shape index (κ3) is 3.01. The van der Waals surface area contributed by atoms with Gasteiger partial charge in [0.2, 0.25) is 0 Å². The molecule has 18 heavy (non-hydrogen) atoms. The van der Waals surface area contributed by atoms with Crippen LogP contribution in [0.3, 0.4) is 0 Å². The molecule has 0 saturated carbocycles. The first-order chi connectivity index (χ1) is 8.59. The van der Waals surface area contributed by atoms with Gasteiger partial charge in [0.25, 0.3) is 0 Å². The first-order valence-corrected chi connectivity index (χ1v) is 6.96. The maximum Gasteiger partial charge on any atom is 0.123 e. The van der Waals surface area contributed by atoms with E-state index < -0.39 is 0 Å². The topological polar surface area (TPSA) is 12.5 Å². The van der Waals surface area contributed by atoms with E-state index in [1.807, 2.05) is 6.08 Å². The van der Waals surface area contributed by atoms with Gasteiger partial charge in [-0.1, -0.05) is 26.8 Å². The molecule has 0 aromatic carbocycles. The molecule has 102 valence electrons. The van der Waals surface area contributed by atoms with Crippen molar-refractivity contribution in [3.8, 4) is 0 Å². The number of hydrogen-bond acceptors (Lipinski definition) is 2. The van der Waals surface area contributed by atoms with Crippen molar-refractivity contribution in [2.24, 2.45) is 17.8 Å². The smallest absolute Gasteiger partial charge is 0.123 e. The van der Waals surface area contributed by atoms with Gasteiger partial charge in [0.15, 0.2) is 0 Å². The van der Waals surface area contributed by atoms with Gasteiger partial charge in [0.05, 0.1) is 13.2 Å². The predicted molar refractivity (Wildman–Crippen MR) is 72.0 cm³/mol.